The normalized spacial score (nSPS) is 12.9. The van der Waals surface area contributed by atoms with Gasteiger partial charge < -0.3 is 0 Å². The van der Waals surface area contributed by atoms with Crippen LogP contribution < -0.4 is 0 Å². The molecule has 0 aliphatic rings. The van der Waals surface area contributed by atoms with Gasteiger partial charge in [-0.15, -0.1) is 11.3 Å². The highest BCUT2D eigenvalue weighted by Crippen LogP contribution is 2.22. The molecule has 0 N–H and O–H groups in total. The average molecular weight is 299 g/mol. The van der Waals surface area contributed by atoms with Crippen molar-refractivity contribution in [1.82, 2.24) is 9.38 Å². The van der Waals surface area contributed by atoms with E-state index in [4.69, 9.17) is 0 Å². The lowest BCUT2D eigenvalue weighted by Gasteiger charge is -2.07. The molecule has 2 aromatic heterocycles. The van der Waals surface area contributed by atoms with E-state index in [9.17, 15) is 0 Å². The van der Waals surface area contributed by atoms with Crippen molar-refractivity contribution in [3.05, 3.63) is 28.5 Å². The Morgan fingerprint density at radius 3 is 3.00 bits per heavy atom. The molecule has 0 saturated carbocycles. The fourth-order valence-electron chi connectivity index (χ4n) is 1.62. The highest BCUT2D eigenvalue weighted by atomic mass is 79.9. The van der Waals surface area contributed by atoms with E-state index in [2.05, 4.69) is 63.7 Å². The van der Waals surface area contributed by atoms with Gasteiger partial charge in [-0.1, -0.05) is 35.4 Å². The predicted octanol–water partition coefficient (Wildman–Crippen LogP) is 4.14. The summed E-state index contributed by atoms with van der Waals surface area (Å²) in [5, 5.41) is 2.99. The zero-order valence-electron chi connectivity index (χ0n) is 9.70. The number of rotatable bonds is 3. The van der Waals surface area contributed by atoms with Crippen molar-refractivity contribution < 1.29 is 0 Å². The van der Waals surface area contributed by atoms with E-state index in [1.54, 1.807) is 11.3 Å². The largest absolute Gasteiger partial charge is 0.291 e. The summed E-state index contributed by atoms with van der Waals surface area (Å²) in [6, 6.07) is 0. The first-order chi connectivity index (χ1) is 7.63. The SMILES string of the molecule is Cc1nc2sccn2c1C=C(CBr)C(C)C. The topological polar surface area (TPSA) is 17.3 Å². The summed E-state index contributed by atoms with van der Waals surface area (Å²) < 4.78 is 2.16. The Kier molecular flexibility index (Phi) is 3.50. The Morgan fingerprint density at radius 2 is 2.38 bits per heavy atom. The molecule has 0 bridgehead atoms. The molecule has 2 rings (SSSR count). The first kappa shape index (κ1) is 11.9. The van der Waals surface area contributed by atoms with Gasteiger partial charge in [0.1, 0.15) is 0 Å². The molecule has 2 heterocycles. The summed E-state index contributed by atoms with van der Waals surface area (Å²) >= 11 is 5.22. The minimum absolute atomic E-state index is 0.558. The molecule has 0 amide bonds. The number of imidazole rings is 1. The molecule has 0 unspecified atom stereocenters. The van der Waals surface area contributed by atoms with E-state index in [-0.39, 0.29) is 0 Å². The van der Waals surface area contributed by atoms with Crippen LogP contribution in [0.1, 0.15) is 25.2 Å². The Balaban J connectivity index is 2.53. The third-order valence-electron chi connectivity index (χ3n) is 2.70. The lowest BCUT2D eigenvalue weighted by atomic mass is 10.0. The number of nitrogens with zero attached hydrogens (tertiary/aromatic N) is 2. The van der Waals surface area contributed by atoms with Gasteiger partial charge >= 0.3 is 0 Å². The molecule has 0 aliphatic carbocycles. The standard InChI is InChI=1S/C12H15BrN2S/c1-8(2)10(7-13)6-11-9(3)14-12-15(11)4-5-16-12/h4-6,8H,7H2,1-3H3. The smallest absolute Gasteiger partial charge is 0.194 e. The number of aryl methyl sites for hydroxylation is 1. The van der Waals surface area contributed by atoms with Crippen LogP contribution in [0.5, 0.6) is 0 Å². The van der Waals surface area contributed by atoms with E-state index < -0.39 is 0 Å². The van der Waals surface area contributed by atoms with Crippen molar-refractivity contribution in [2.75, 3.05) is 5.33 Å². The zero-order valence-corrected chi connectivity index (χ0v) is 12.1. The molecular weight excluding hydrogens is 284 g/mol. The minimum atomic E-state index is 0.558. The van der Waals surface area contributed by atoms with Gasteiger partial charge in [0.25, 0.3) is 0 Å². The van der Waals surface area contributed by atoms with Gasteiger partial charge in [0.15, 0.2) is 4.96 Å². The van der Waals surface area contributed by atoms with Crippen molar-refractivity contribution >= 4 is 38.3 Å². The van der Waals surface area contributed by atoms with Gasteiger partial charge in [0.05, 0.1) is 11.4 Å². The van der Waals surface area contributed by atoms with Crippen molar-refractivity contribution in [1.29, 1.82) is 0 Å². The van der Waals surface area contributed by atoms with E-state index >= 15 is 0 Å². The molecule has 0 fully saturated rings. The van der Waals surface area contributed by atoms with Crippen LogP contribution in [-0.4, -0.2) is 14.7 Å². The zero-order chi connectivity index (χ0) is 11.7. The number of alkyl halides is 1. The summed E-state index contributed by atoms with van der Waals surface area (Å²) in [4.78, 5) is 5.61. The van der Waals surface area contributed by atoms with Crippen molar-refractivity contribution in [2.45, 2.75) is 20.8 Å². The van der Waals surface area contributed by atoms with E-state index in [0.29, 0.717) is 5.92 Å². The molecule has 16 heavy (non-hydrogen) atoms. The van der Waals surface area contributed by atoms with Crippen LogP contribution in [0.2, 0.25) is 0 Å². The first-order valence-corrected chi connectivity index (χ1v) is 7.32. The van der Waals surface area contributed by atoms with Crippen molar-refractivity contribution in [2.24, 2.45) is 5.92 Å². The fraction of sp³-hybridized carbons (Fsp3) is 0.417. The molecule has 2 aromatic rings. The van der Waals surface area contributed by atoms with Gasteiger partial charge in [0.2, 0.25) is 0 Å². The van der Waals surface area contributed by atoms with E-state index in [1.165, 1.54) is 11.3 Å². The lowest BCUT2D eigenvalue weighted by Crippen LogP contribution is -1.96. The molecule has 2 nitrogen and oxygen atoms in total. The maximum absolute atomic E-state index is 4.54. The summed E-state index contributed by atoms with van der Waals surface area (Å²) in [6.45, 7) is 6.50. The van der Waals surface area contributed by atoms with Crippen LogP contribution >= 0.6 is 27.3 Å². The van der Waals surface area contributed by atoms with Crippen LogP contribution in [0.3, 0.4) is 0 Å². The molecule has 86 valence electrons. The molecule has 0 aromatic carbocycles. The number of thiazole rings is 1. The first-order valence-electron chi connectivity index (χ1n) is 5.32. The van der Waals surface area contributed by atoms with E-state index in [1.807, 2.05) is 0 Å². The molecule has 0 spiro atoms. The second-order valence-corrected chi connectivity index (χ2v) is 5.58. The molecular formula is C12H15BrN2S. The number of halogens is 1. The molecule has 0 aliphatic heterocycles. The van der Waals surface area contributed by atoms with Crippen molar-refractivity contribution in [3.63, 3.8) is 0 Å². The molecule has 0 atom stereocenters. The predicted molar refractivity (Wildman–Crippen MR) is 74.4 cm³/mol. The maximum Gasteiger partial charge on any atom is 0.194 e. The van der Waals surface area contributed by atoms with Crippen LogP contribution in [0.4, 0.5) is 0 Å². The molecule has 4 heteroatoms. The highest BCUT2D eigenvalue weighted by Gasteiger charge is 2.09. The van der Waals surface area contributed by atoms with Gasteiger partial charge in [0, 0.05) is 16.9 Å². The Bertz CT molecular complexity index is 522. The third kappa shape index (κ3) is 2.09. The fourth-order valence-corrected chi connectivity index (χ4v) is 3.20. The number of hydrogen-bond acceptors (Lipinski definition) is 2. The Hall–Kier alpha value is -0.610. The highest BCUT2D eigenvalue weighted by molar-refractivity contribution is 9.09. The second kappa shape index (κ2) is 4.72. The van der Waals surface area contributed by atoms with Crippen LogP contribution in [0, 0.1) is 12.8 Å². The van der Waals surface area contributed by atoms with Gasteiger partial charge in [-0.3, -0.25) is 4.40 Å². The minimum Gasteiger partial charge on any atom is -0.291 e. The van der Waals surface area contributed by atoms with E-state index in [0.717, 1.165) is 16.0 Å². The van der Waals surface area contributed by atoms with Crippen LogP contribution in [-0.2, 0) is 0 Å². The molecule has 0 radical (unpaired) electrons. The third-order valence-corrected chi connectivity index (χ3v) is 4.11. The van der Waals surface area contributed by atoms with Gasteiger partial charge in [-0.25, -0.2) is 4.98 Å². The maximum atomic E-state index is 4.54. The summed E-state index contributed by atoms with van der Waals surface area (Å²) in [5.41, 5.74) is 3.71. The summed E-state index contributed by atoms with van der Waals surface area (Å²) in [6.07, 6.45) is 4.33. The average Bonchev–Trinajstić information content (AvgIpc) is 2.75. The Morgan fingerprint density at radius 1 is 1.62 bits per heavy atom. The number of allylic oxidation sites excluding steroid dienone is 1. The Labute approximate surface area is 108 Å². The number of hydrogen-bond donors (Lipinski definition) is 0. The molecule has 0 saturated heterocycles. The monoisotopic (exact) mass is 298 g/mol. The van der Waals surface area contributed by atoms with Gasteiger partial charge in [-0.05, 0) is 18.9 Å². The van der Waals surface area contributed by atoms with Crippen LogP contribution in [0.25, 0.3) is 11.0 Å². The summed E-state index contributed by atoms with van der Waals surface area (Å²) in [5.74, 6) is 0.558. The van der Waals surface area contributed by atoms with Crippen molar-refractivity contribution in [3.8, 4) is 0 Å². The van der Waals surface area contributed by atoms with Gasteiger partial charge in [-0.2, -0.15) is 0 Å². The summed E-state index contributed by atoms with van der Waals surface area (Å²) in [7, 11) is 0. The number of aromatic nitrogens is 2. The number of fused-ring (bicyclic) bond motifs is 1. The second-order valence-electron chi connectivity index (χ2n) is 4.15. The van der Waals surface area contributed by atoms with Crippen LogP contribution in [0.15, 0.2) is 17.2 Å². The lowest BCUT2D eigenvalue weighted by molar-refractivity contribution is 0.780. The quantitative estimate of drug-likeness (QED) is 0.779.